The SMILES string of the molecule is O=C(CN(Cc1ccco1)C(=O)c1ccc(-c2cccc(C(F)(F)F)c2)o1)Nc1ccccc1Br. The minimum Gasteiger partial charge on any atom is -0.467 e. The summed E-state index contributed by atoms with van der Waals surface area (Å²) in [6.07, 6.45) is -3.07. The van der Waals surface area contributed by atoms with E-state index in [1.807, 2.05) is 0 Å². The first kappa shape index (κ1) is 24.3. The Bertz CT molecular complexity index is 1330. The molecule has 0 aliphatic heterocycles. The van der Waals surface area contributed by atoms with Crippen LogP contribution in [0.25, 0.3) is 11.3 Å². The van der Waals surface area contributed by atoms with Gasteiger partial charge in [0.1, 0.15) is 18.1 Å². The molecule has 0 spiro atoms. The van der Waals surface area contributed by atoms with Gasteiger partial charge < -0.3 is 19.1 Å². The van der Waals surface area contributed by atoms with Crippen LogP contribution < -0.4 is 5.32 Å². The molecule has 4 aromatic rings. The lowest BCUT2D eigenvalue weighted by atomic mass is 10.1. The van der Waals surface area contributed by atoms with E-state index in [0.29, 0.717) is 15.9 Å². The predicted octanol–water partition coefficient (Wildman–Crippen LogP) is 6.60. The molecule has 0 saturated heterocycles. The highest BCUT2D eigenvalue weighted by atomic mass is 79.9. The van der Waals surface area contributed by atoms with Crippen molar-refractivity contribution >= 4 is 33.4 Å². The number of rotatable bonds is 7. The number of benzene rings is 2. The summed E-state index contributed by atoms with van der Waals surface area (Å²) in [4.78, 5) is 27.1. The van der Waals surface area contributed by atoms with E-state index in [1.165, 1.54) is 35.4 Å². The smallest absolute Gasteiger partial charge is 0.416 e. The third-order valence-corrected chi connectivity index (χ3v) is 5.68. The maximum Gasteiger partial charge on any atom is 0.416 e. The fourth-order valence-corrected chi connectivity index (χ4v) is 3.71. The van der Waals surface area contributed by atoms with Gasteiger partial charge in [0.15, 0.2) is 5.76 Å². The second kappa shape index (κ2) is 10.2. The molecule has 0 fully saturated rings. The number of nitrogens with zero attached hydrogens (tertiary/aromatic N) is 1. The molecule has 4 rings (SSSR count). The number of halogens is 4. The third-order valence-electron chi connectivity index (χ3n) is 4.99. The van der Waals surface area contributed by atoms with Gasteiger partial charge >= 0.3 is 6.18 Å². The van der Waals surface area contributed by atoms with Crippen molar-refractivity contribution in [1.29, 1.82) is 0 Å². The standard InChI is InChI=1S/C25H18BrF3N2O4/c26-19-8-1-2-9-20(19)30-23(32)15-31(14-18-7-4-12-34-18)24(33)22-11-10-21(35-22)16-5-3-6-17(13-16)25(27,28)29/h1-13H,14-15H2,(H,30,32). The second-order valence-electron chi connectivity index (χ2n) is 7.51. The number of alkyl halides is 3. The minimum atomic E-state index is -4.51. The lowest BCUT2D eigenvalue weighted by molar-refractivity contribution is -0.137. The summed E-state index contributed by atoms with van der Waals surface area (Å²) in [5, 5.41) is 2.73. The molecular formula is C25H18BrF3N2O4. The fraction of sp³-hybridized carbons (Fsp3) is 0.120. The van der Waals surface area contributed by atoms with Gasteiger partial charge in [0.25, 0.3) is 5.91 Å². The Hall–Kier alpha value is -3.79. The number of para-hydroxylation sites is 1. The normalized spacial score (nSPS) is 11.3. The number of amides is 2. The van der Waals surface area contributed by atoms with Gasteiger partial charge in [-0.3, -0.25) is 9.59 Å². The van der Waals surface area contributed by atoms with Crippen molar-refractivity contribution in [3.8, 4) is 11.3 Å². The number of nitrogens with one attached hydrogen (secondary N) is 1. The molecule has 2 heterocycles. The molecule has 180 valence electrons. The van der Waals surface area contributed by atoms with E-state index in [0.717, 1.165) is 12.1 Å². The molecule has 0 bridgehead atoms. The van der Waals surface area contributed by atoms with Crippen molar-refractivity contribution in [3.63, 3.8) is 0 Å². The monoisotopic (exact) mass is 546 g/mol. The van der Waals surface area contributed by atoms with Crippen molar-refractivity contribution in [1.82, 2.24) is 4.90 Å². The average molecular weight is 547 g/mol. The Morgan fingerprint density at radius 1 is 0.971 bits per heavy atom. The molecule has 0 radical (unpaired) electrons. The van der Waals surface area contributed by atoms with Gasteiger partial charge in [-0.25, -0.2) is 0 Å². The van der Waals surface area contributed by atoms with Gasteiger partial charge in [-0.2, -0.15) is 13.2 Å². The highest BCUT2D eigenvalue weighted by Crippen LogP contribution is 2.33. The second-order valence-corrected chi connectivity index (χ2v) is 8.37. The molecule has 35 heavy (non-hydrogen) atoms. The van der Waals surface area contributed by atoms with Crippen LogP contribution in [0, 0.1) is 0 Å². The van der Waals surface area contributed by atoms with E-state index in [-0.39, 0.29) is 30.2 Å². The molecule has 0 aliphatic rings. The van der Waals surface area contributed by atoms with Crippen LogP contribution >= 0.6 is 15.9 Å². The van der Waals surface area contributed by atoms with Crippen LogP contribution in [0.4, 0.5) is 18.9 Å². The van der Waals surface area contributed by atoms with Gasteiger partial charge in [0, 0.05) is 10.0 Å². The number of hydrogen-bond donors (Lipinski definition) is 1. The zero-order valence-corrected chi connectivity index (χ0v) is 19.6. The Kier molecular flexibility index (Phi) is 7.11. The molecule has 0 atom stereocenters. The van der Waals surface area contributed by atoms with E-state index in [9.17, 15) is 22.8 Å². The summed E-state index contributed by atoms with van der Waals surface area (Å²) in [5.41, 5.74) is -0.127. The van der Waals surface area contributed by atoms with Crippen molar-refractivity contribution < 1.29 is 31.6 Å². The number of furan rings is 2. The van der Waals surface area contributed by atoms with E-state index < -0.39 is 23.6 Å². The molecule has 0 unspecified atom stereocenters. The van der Waals surface area contributed by atoms with Crippen LogP contribution in [-0.4, -0.2) is 23.3 Å². The van der Waals surface area contributed by atoms with Crippen LogP contribution in [0.1, 0.15) is 21.9 Å². The van der Waals surface area contributed by atoms with Gasteiger partial charge in [-0.05, 0) is 64.5 Å². The van der Waals surface area contributed by atoms with E-state index >= 15 is 0 Å². The third kappa shape index (κ3) is 6.02. The zero-order chi connectivity index (χ0) is 25.0. The van der Waals surface area contributed by atoms with Crippen LogP contribution in [0.3, 0.4) is 0 Å². The summed E-state index contributed by atoms with van der Waals surface area (Å²) >= 11 is 3.35. The topological polar surface area (TPSA) is 75.7 Å². The summed E-state index contributed by atoms with van der Waals surface area (Å²) in [5.74, 6) is -0.673. The quantitative estimate of drug-likeness (QED) is 0.283. The van der Waals surface area contributed by atoms with Crippen molar-refractivity contribution in [3.05, 3.63) is 101 Å². The summed E-state index contributed by atoms with van der Waals surface area (Å²) in [6.45, 7) is -0.338. The van der Waals surface area contributed by atoms with Gasteiger partial charge in [-0.15, -0.1) is 0 Å². The van der Waals surface area contributed by atoms with Crippen LogP contribution in [0.2, 0.25) is 0 Å². The number of anilines is 1. The first-order valence-corrected chi connectivity index (χ1v) is 11.1. The Morgan fingerprint density at radius 3 is 2.49 bits per heavy atom. The molecule has 2 aromatic carbocycles. The highest BCUT2D eigenvalue weighted by Gasteiger charge is 2.31. The summed E-state index contributed by atoms with van der Waals surface area (Å²) in [6, 6.07) is 17.7. The molecule has 2 amide bonds. The summed E-state index contributed by atoms with van der Waals surface area (Å²) < 4.78 is 50.8. The molecule has 6 nitrogen and oxygen atoms in total. The van der Waals surface area contributed by atoms with Crippen molar-refractivity contribution in [2.45, 2.75) is 12.7 Å². The van der Waals surface area contributed by atoms with E-state index in [4.69, 9.17) is 8.83 Å². The largest absolute Gasteiger partial charge is 0.467 e. The number of carbonyl (C=O) groups is 2. The van der Waals surface area contributed by atoms with E-state index in [2.05, 4.69) is 21.2 Å². The molecule has 10 heteroatoms. The van der Waals surface area contributed by atoms with Gasteiger partial charge in [0.05, 0.1) is 24.1 Å². The molecular weight excluding hydrogens is 529 g/mol. The first-order valence-electron chi connectivity index (χ1n) is 10.3. The fourth-order valence-electron chi connectivity index (χ4n) is 3.33. The zero-order valence-electron chi connectivity index (χ0n) is 18.0. The molecule has 0 saturated carbocycles. The van der Waals surface area contributed by atoms with Crippen molar-refractivity contribution in [2.24, 2.45) is 0 Å². The Balaban J connectivity index is 1.55. The van der Waals surface area contributed by atoms with Crippen LogP contribution in [0.15, 0.2) is 92.4 Å². The average Bonchev–Trinajstić information content (AvgIpc) is 3.52. The molecule has 0 aliphatic carbocycles. The lowest BCUT2D eigenvalue weighted by Gasteiger charge is -2.20. The highest BCUT2D eigenvalue weighted by molar-refractivity contribution is 9.10. The Labute approximate surface area is 206 Å². The van der Waals surface area contributed by atoms with Gasteiger partial charge in [-0.1, -0.05) is 24.3 Å². The predicted molar refractivity (Wildman–Crippen MR) is 125 cm³/mol. The van der Waals surface area contributed by atoms with Gasteiger partial charge in [0.2, 0.25) is 5.91 Å². The first-order chi connectivity index (χ1) is 16.7. The van der Waals surface area contributed by atoms with Crippen molar-refractivity contribution in [2.75, 3.05) is 11.9 Å². The van der Waals surface area contributed by atoms with E-state index in [1.54, 1.807) is 36.4 Å². The minimum absolute atomic E-state index is 0.0190. The Morgan fingerprint density at radius 2 is 1.77 bits per heavy atom. The lowest BCUT2D eigenvalue weighted by Crippen LogP contribution is -2.37. The number of carbonyl (C=O) groups excluding carboxylic acids is 2. The summed E-state index contributed by atoms with van der Waals surface area (Å²) in [7, 11) is 0. The van der Waals surface area contributed by atoms with Crippen LogP contribution in [-0.2, 0) is 17.5 Å². The molecule has 2 aromatic heterocycles. The maximum atomic E-state index is 13.2. The number of hydrogen-bond acceptors (Lipinski definition) is 4. The molecule has 1 N–H and O–H groups in total. The van der Waals surface area contributed by atoms with Crippen LogP contribution in [0.5, 0.6) is 0 Å². The maximum absolute atomic E-state index is 13.2.